The molecule has 0 saturated carbocycles. The highest BCUT2D eigenvalue weighted by Crippen LogP contribution is 2.31. The van der Waals surface area contributed by atoms with Crippen LogP contribution in [0.25, 0.3) is 0 Å². The minimum Gasteiger partial charge on any atom is -0.467 e. The van der Waals surface area contributed by atoms with Crippen molar-refractivity contribution in [2.24, 2.45) is 10.9 Å². The lowest BCUT2D eigenvalue weighted by Crippen LogP contribution is -2.56. The molecule has 0 aliphatic carbocycles. The first-order valence-electron chi connectivity index (χ1n) is 8.12. The third kappa shape index (κ3) is 3.28. The van der Waals surface area contributed by atoms with Crippen LogP contribution in [0.2, 0.25) is 0 Å². The van der Waals surface area contributed by atoms with Crippen molar-refractivity contribution >= 4 is 17.8 Å². The number of piperazine rings is 1. The Balaban J connectivity index is 1.88. The molecule has 8 nitrogen and oxygen atoms in total. The third-order valence-corrected chi connectivity index (χ3v) is 4.27. The summed E-state index contributed by atoms with van der Waals surface area (Å²) in [6.07, 6.45) is 1.51. The molecule has 1 amide bonds. The molecule has 0 spiro atoms. The number of furan rings is 1. The zero-order valence-corrected chi connectivity index (χ0v) is 13.9. The molecular formula is C16H22N4O4. The van der Waals surface area contributed by atoms with Gasteiger partial charge in [0.05, 0.1) is 12.9 Å². The second kappa shape index (κ2) is 7.04. The van der Waals surface area contributed by atoms with Crippen LogP contribution >= 0.6 is 0 Å². The van der Waals surface area contributed by atoms with Crippen molar-refractivity contribution in [1.82, 2.24) is 15.1 Å². The van der Waals surface area contributed by atoms with Crippen LogP contribution in [-0.4, -0.2) is 67.5 Å². The summed E-state index contributed by atoms with van der Waals surface area (Å²) in [6, 6.07) is 2.73. The number of nitrogens with one attached hydrogen (secondary N) is 1. The van der Waals surface area contributed by atoms with Crippen molar-refractivity contribution in [3.05, 3.63) is 24.2 Å². The maximum absolute atomic E-state index is 12.6. The van der Waals surface area contributed by atoms with Gasteiger partial charge in [-0.05, 0) is 26.1 Å². The molecule has 2 aliphatic heterocycles. The van der Waals surface area contributed by atoms with Gasteiger partial charge < -0.3 is 19.0 Å². The van der Waals surface area contributed by atoms with Crippen LogP contribution in [0.15, 0.2) is 27.8 Å². The Kier molecular flexibility index (Phi) is 4.84. The van der Waals surface area contributed by atoms with E-state index in [2.05, 4.69) is 22.3 Å². The molecule has 1 aromatic heterocycles. The molecule has 3 heterocycles. The summed E-state index contributed by atoms with van der Waals surface area (Å²) in [6.45, 7) is 5.24. The molecule has 1 fully saturated rings. The maximum atomic E-state index is 12.6. The monoisotopic (exact) mass is 334 g/mol. The quantitative estimate of drug-likeness (QED) is 0.629. The van der Waals surface area contributed by atoms with E-state index >= 15 is 0 Å². The van der Waals surface area contributed by atoms with Gasteiger partial charge in [-0.3, -0.25) is 14.9 Å². The maximum Gasteiger partial charge on any atom is 0.321 e. The van der Waals surface area contributed by atoms with E-state index in [1.807, 2.05) is 4.90 Å². The first-order valence-corrected chi connectivity index (χ1v) is 8.12. The van der Waals surface area contributed by atoms with Gasteiger partial charge in [-0.15, -0.1) is 0 Å². The number of hydrogen-bond acceptors (Lipinski definition) is 7. The van der Waals surface area contributed by atoms with E-state index in [4.69, 9.17) is 9.15 Å². The molecule has 0 aromatic carbocycles. The van der Waals surface area contributed by atoms with Crippen LogP contribution in [0.5, 0.6) is 0 Å². The highest BCUT2D eigenvalue weighted by atomic mass is 16.5. The van der Waals surface area contributed by atoms with Crippen LogP contribution in [0.4, 0.5) is 0 Å². The van der Waals surface area contributed by atoms with Crippen molar-refractivity contribution < 1.29 is 18.7 Å². The molecule has 8 heteroatoms. The lowest BCUT2D eigenvalue weighted by atomic mass is 9.95. The van der Waals surface area contributed by atoms with Gasteiger partial charge >= 0.3 is 5.97 Å². The van der Waals surface area contributed by atoms with Crippen molar-refractivity contribution in [2.45, 2.75) is 13.0 Å². The van der Waals surface area contributed by atoms with Gasteiger partial charge in [0, 0.05) is 26.2 Å². The number of nitrogens with zero attached hydrogens (tertiary/aromatic N) is 3. The highest BCUT2D eigenvalue weighted by molar-refractivity contribution is 6.08. The predicted octanol–water partition coefficient (Wildman–Crippen LogP) is 0.233. The van der Waals surface area contributed by atoms with E-state index in [1.54, 1.807) is 19.1 Å². The summed E-state index contributed by atoms with van der Waals surface area (Å²) in [4.78, 5) is 33.6. The average molecular weight is 334 g/mol. The molecule has 24 heavy (non-hydrogen) atoms. The second-order valence-electron chi connectivity index (χ2n) is 5.92. The molecule has 2 atom stereocenters. The Labute approximate surface area is 140 Å². The standard InChI is InChI=1S/C16H22N4O4/c1-3-23-15(22)12-13(11-5-4-10-24-11)17-16(18-14(12)21)20-8-6-19(2)7-9-20/h4-5,10,12-13H,3,6-9H2,1-2H3,(H,17,18,21)/t12-,13+/m0/s1. The summed E-state index contributed by atoms with van der Waals surface area (Å²) in [5.41, 5.74) is 0. The Hall–Kier alpha value is -2.35. The van der Waals surface area contributed by atoms with Crippen molar-refractivity contribution in [2.75, 3.05) is 39.8 Å². The number of guanidine groups is 1. The van der Waals surface area contributed by atoms with Gasteiger partial charge in [0.2, 0.25) is 11.9 Å². The summed E-state index contributed by atoms with van der Waals surface area (Å²) >= 11 is 0. The number of carbonyl (C=O) groups excluding carboxylic acids is 2. The van der Waals surface area contributed by atoms with Crippen molar-refractivity contribution in [1.29, 1.82) is 0 Å². The second-order valence-corrected chi connectivity index (χ2v) is 5.92. The van der Waals surface area contributed by atoms with Gasteiger partial charge in [-0.1, -0.05) is 0 Å². The van der Waals surface area contributed by atoms with E-state index in [0.29, 0.717) is 11.7 Å². The van der Waals surface area contributed by atoms with Crippen molar-refractivity contribution in [3.63, 3.8) is 0 Å². The number of carbonyl (C=O) groups is 2. The highest BCUT2D eigenvalue weighted by Gasteiger charge is 2.43. The first-order chi connectivity index (χ1) is 11.6. The Bertz CT molecular complexity index is 620. The number of amides is 1. The number of aliphatic imine (C=N–C) groups is 1. The van der Waals surface area contributed by atoms with Gasteiger partial charge in [0.1, 0.15) is 11.8 Å². The van der Waals surface area contributed by atoms with Gasteiger partial charge in [0.15, 0.2) is 5.92 Å². The van der Waals surface area contributed by atoms with Gasteiger partial charge in [-0.25, -0.2) is 4.99 Å². The fraction of sp³-hybridized carbons (Fsp3) is 0.562. The first kappa shape index (κ1) is 16.5. The number of rotatable bonds is 3. The van der Waals surface area contributed by atoms with E-state index in [1.165, 1.54) is 6.26 Å². The largest absolute Gasteiger partial charge is 0.467 e. The van der Waals surface area contributed by atoms with E-state index < -0.39 is 23.8 Å². The SMILES string of the molecule is CCOC(=O)[C@@H]1C(=O)NC(N2CCN(C)CC2)=N[C@@H]1c1ccco1. The van der Waals surface area contributed by atoms with Crippen LogP contribution < -0.4 is 5.32 Å². The molecule has 3 rings (SSSR count). The molecule has 0 unspecified atom stereocenters. The van der Waals surface area contributed by atoms with Crippen LogP contribution in [0.3, 0.4) is 0 Å². The van der Waals surface area contributed by atoms with Gasteiger partial charge in [-0.2, -0.15) is 0 Å². The normalized spacial score (nSPS) is 25.2. The molecule has 1 aromatic rings. The zero-order chi connectivity index (χ0) is 17.1. The zero-order valence-electron chi connectivity index (χ0n) is 13.9. The average Bonchev–Trinajstić information content (AvgIpc) is 3.09. The third-order valence-electron chi connectivity index (χ3n) is 4.27. The smallest absolute Gasteiger partial charge is 0.321 e. The topological polar surface area (TPSA) is 87.4 Å². The molecule has 1 saturated heterocycles. The van der Waals surface area contributed by atoms with Gasteiger partial charge in [0.25, 0.3) is 0 Å². The minimum atomic E-state index is -1.03. The number of ether oxygens (including phenoxy) is 1. The Morgan fingerprint density at radius 1 is 1.42 bits per heavy atom. The Morgan fingerprint density at radius 2 is 2.17 bits per heavy atom. The molecule has 1 N–H and O–H groups in total. The summed E-state index contributed by atoms with van der Waals surface area (Å²) < 4.78 is 10.5. The van der Waals surface area contributed by atoms with Crippen molar-refractivity contribution in [3.8, 4) is 0 Å². The lowest BCUT2D eigenvalue weighted by molar-refractivity contribution is -0.153. The van der Waals surface area contributed by atoms with E-state index in [9.17, 15) is 9.59 Å². The molecule has 2 aliphatic rings. The Morgan fingerprint density at radius 3 is 2.79 bits per heavy atom. The minimum absolute atomic E-state index is 0.211. The fourth-order valence-electron chi connectivity index (χ4n) is 2.90. The van der Waals surface area contributed by atoms with E-state index in [-0.39, 0.29) is 6.61 Å². The molecule has 0 radical (unpaired) electrons. The number of hydrogen-bond donors (Lipinski definition) is 1. The predicted molar refractivity (Wildman–Crippen MR) is 86.2 cm³/mol. The number of likely N-dealkylation sites (N-methyl/N-ethyl adjacent to an activating group) is 1. The summed E-state index contributed by atoms with van der Waals surface area (Å²) in [7, 11) is 2.06. The molecule has 130 valence electrons. The van der Waals surface area contributed by atoms with E-state index in [0.717, 1.165) is 26.2 Å². The fourth-order valence-corrected chi connectivity index (χ4v) is 2.90. The van der Waals surface area contributed by atoms with Crippen LogP contribution in [-0.2, 0) is 14.3 Å². The van der Waals surface area contributed by atoms with Crippen LogP contribution in [0.1, 0.15) is 18.7 Å². The molecule has 0 bridgehead atoms. The number of esters is 1. The summed E-state index contributed by atoms with van der Waals surface area (Å²) in [5, 5.41) is 2.76. The molecular weight excluding hydrogens is 312 g/mol. The lowest BCUT2D eigenvalue weighted by Gasteiger charge is -2.37. The summed E-state index contributed by atoms with van der Waals surface area (Å²) in [5.74, 6) is -1.05. The van der Waals surface area contributed by atoms with Crippen LogP contribution in [0, 0.1) is 5.92 Å².